The lowest BCUT2D eigenvalue weighted by molar-refractivity contribution is -0.126. The van der Waals surface area contributed by atoms with Crippen LogP contribution in [0.2, 0.25) is 5.02 Å². The molecule has 0 saturated carbocycles. The number of likely N-dealkylation sites (tertiary alicyclic amines) is 1. The molecule has 2 aromatic heterocycles. The van der Waals surface area contributed by atoms with Gasteiger partial charge in [0.1, 0.15) is 23.2 Å². The van der Waals surface area contributed by atoms with Crippen LogP contribution in [-0.2, 0) is 4.79 Å². The number of aromatic nitrogens is 3. The second-order valence-corrected chi connectivity index (χ2v) is 14.2. The predicted octanol–water partition coefficient (Wildman–Crippen LogP) is 6.67. The molecular weight excluding hydrogens is 726 g/mol. The van der Waals surface area contributed by atoms with Crippen molar-refractivity contribution in [3.8, 4) is 23.3 Å². The van der Waals surface area contributed by atoms with Crippen LogP contribution in [0.4, 0.5) is 14.6 Å². The number of hydrogen-bond acceptors (Lipinski definition) is 10. The summed E-state index contributed by atoms with van der Waals surface area (Å²) in [5.41, 5.74) is 0.875. The molecule has 4 aliphatic rings. The molecule has 4 aromatic rings. The fourth-order valence-corrected chi connectivity index (χ4v) is 7.86. The Bertz CT molecular complexity index is 1950. The number of nitrogens with zero attached hydrogens (tertiary/aromatic N) is 8. The van der Waals surface area contributed by atoms with E-state index in [0.717, 1.165) is 43.4 Å². The van der Waals surface area contributed by atoms with Crippen LogP contribution in [0.25, 0.3) is 32.9 Å². The highest BCUT2D eigenvalue weighted by atomic mass is 35.5. The maximum atomic E-state index is 16.1. The SMILES string of the molecule is CC#N.CCO.COc1nc(N2CCN(C(=O)/C=C/CN3CCCC3)CC2)c2cnc(-c3cccc4cccc(Cl)c34)c(F)c2n1.FC1CC2CCCN2C1. The molecule has 4 fully saturated rings. The molecule has 1 amide bonds. The highest BCUT2D eigenvalue weighted by Gasteiger charge is 2.34. The summed E-state index contributed by atoms with van der Waals surface area (Å²) in [6, 6.07) is 13.6. The summed E-state index contributed by atoms with van der Waals surface area (Å²) in [5, 5.41) is 17.5. The second-order valence-electron chi connectivity index (χ2n) is 13.7. The van der Waals surface area contributed by atoms with Gasteiger partial charge in [0.2, 0.25) is 5.91 Å². The minimum atomic E-state index is -0.566. The molecule has 0 radical (unpaired) electrons. The number of amides is 1. The van der Waals surface area contributed by atoms with Gasteiger partial charge in [-0.1, -0.05) is 48.0 Å². The summed E-state index contributed by atoms with van der Waals surface area (Å²) in [5.74, 6) is -0.0219. The maximum absolute atomic E-state index is 16.1. The van der Waals surface area contributed by atoms with Gasteiger partial charge >= 0.3 is 6.01 Å². The number of halogens is 3. The molecule has 294 valence electrons. The van der Waals surface area contributed by atoms with E-state index in [4.69, 9.17) is 26.7 Å². The molecule has 11 nitrogen and oxygen atoms in total. The summed E-state index contributed by atoms with van der Waals surface area (Å²) in [6.45, 7) is 10.4. The summed E-state index contributed by atoms with van der Waals surface area (Å²) >= 11 is 6.51. The van der Waals surface area contributed by atoms with Crippen molar-refractivity contribution >= 4 is 45.0 Å². The first-order valence-electron chi connectivity index (χ1n) is 19.0. The van der Waals surface area contributed by atoms with Gasteiger partial charge in [-0.2, -0.15) is 15.2 Å². The van der Waals surface area contributed by atoms with Gasteiger partial charge in [0.15, 0.2) is 5.82 Å². The van der Waals surface area contributed by atoms with E-state index in [1.165, 1.54) is 39.7 Å². The number of carbonyl (C=O) groups excluding carboxylic acids is 1. The molecule has 0 bridgehead atoms. The van der Waals surface area contributed by atoms with Gasteiger partial charge in [-0.25, -0.2) is 8.78 Å². The average molecular weight is 777 g/mol. The average Bonchev–Trinajstić information content (AvgIpc) is 3.95. The molecule has 4 aliphatic heterocycles. The van der Waals surface area contributed by atoms with Gasteiger partial charge < -0.3 is 19.6 Å². The van der Waals surface area contributed by atoms with Crippen LogP contribution in [0.1, 0.15) is 46.0 Å². The number of piperazine rings is 1. The van der Waals surface area contributed by atoms with Gasteiger partial charge in [-0.3, -0.25) is 19.6 Å². The van der Waals surface area contributed by atoms with Crippen molar-refractivity contribution in [2.24, 2.45) is 0 Å². The van der Waals surface area contributed by atoms with E-state index in [1.54, 1.807) is 37.4 Å². The van der Waals surface area contributed by atoms with E-state index >= 15 is 4.39 Å². The van der Waals surface area contributed by atoms with E-state index < -0.39 is 12.0 Å². The van der Waals surface area contributed by atoms with Gasteiger partial charge in [-0.15, -0.1) is 0 Å². The number of carbonyl (C=O) groups is 1. The highest BCUT2D eigenvalue weighted by Crippen LogP contribution is 2.37. The zero-order valence-corrected chi connectivity index (χ0v) is 32.7. The van der Waals surface area contributed by atoms with Crippen molar-refractivity contribution in [1.29, 1.82) is 5.26 Å². The summed E-state index contributed by atoms with van der Waals surface area (Å²) < 4.78 is 34.1. The van der Waals surface area contributed by atoms with E-state index in [1.807, 2.05) is 40.1 Å². The zero-order chi connectivity index (χ0) is 39.3. The Morgan fingerprint density at radius 2 is 1.76 bits per heavy atom. The second kappa shape index (κ2) is 20.4. The molecule has 2 aromatic carbocycles. The Hall–Kier alpha value is -4.48. The first kappa shape index (κ1) is 41.7. The van der Waals surface area contributed by atoms with Crippen LogP contribution in [0, 0.1) is 17.1 Å². The summed E-state index contributed by atoms with van der Waals surface area (Å²) in [4.78, 5) is 34.7. The van der Waals surface area contributed by atoms with Crippen LogP contribution in [0.15, 0.2) is 54.7 Å². The number of benzene rings is 2. The lowest BCUT2D eigenvalue weighted by Crippen LogP contribution is -2.48. The lowest BCUT2D eigenvalue weighted by atomic mass is 10.0. The molecule has 2 atom stereocenters. The Labute approximate surface area is 327 Å². The minimum Gasteiger partial charge on any atom is -0.467 e. The van der Waals surface area contributed by atoms with Gasteiger partial charge in [0, 0.05) is 87.1 Å². The third kappa shape index (κ3) is 10.4. The van der Waals surface area contributed by atoms with Gasteiger partial charge in [0.05, 0.1) is 18.6 Å². The number of anilines is 1. The van der Waals surface area contributed by atoms with Crippen molar-refractivity contribution in [3.63, 3.8) is 0 Å². The third-order valence-electron chi connectivity index (χ3n) is 10.1. The quantitative estimate of drug-likeness (QED) is 0.213. The fourth-order valence-electron chi connectivity index (χ4n) is 7.57. The number of fused-ring (bicyclic) bond motifs is 3. The standard InChI is InChI=1S/C30H30ClFN6O2.C7H12FN.C2H3N.C2H6O/c1-40-30-34-28-22(19-33-27(26(28)32)21-9-4-7-20-8-5-10-23(31)25(20)21)29(35-30)38-17-15-37(16-18-38)24(39)11-6-14-36-12-2-3-13-36;8-6-4-7-2-1-3-9(7)5-6;2*1-2-3/h4-11,19H,2-3,12-18H2,1H3;6-7H,1-5H2;1H3;3H,2H2,1H3/b11-6+;;;. The topological polar surface area (TPSA) is 122 Å². The Morgan fingerprint density at radius 3 is 2.44 bits per heavy atom. The molecule has 0 aliphatic carbocycles. The maximum Gasteiger partial charge on any atom is 0.318 e. The normalized spacial score (nSPS) is 19.6. The number of rotatable bonds is 6. The van der Waals surface area contributed by atoms with Crippen LogP contribution in [0.5, 0.6) is 6.01 Å². The molecule has 4 saturated heterocycles. The Balaban J connectivity index is 0.000000324. The molecule has 8 rings (SSSR count). The van der Waals surface area contributed by atoms with Crippen LogP contribution < -0.4 is 9.64 Å². The number of nitriles is 1. The molecule has 14 heteroatoms. The largest absolute Gasteiger partial charge is 0.467 e. The molecule has 0 spiro atoms. The van der Waals surface area contributed by atoms with Gasteiger partial charge in [-0.05, 0) is 70.1 Å². The van der Waals surface area contributed by atoms with Gasteiger partial charge in [0.25, 0.3) is 0 Å². The molecular formula is C41H51ClF2N8O3. The van der Waals surface area contributed by atoms with Crippen molar-refractivity contribution in [2.45, 2.75) is 58.2 Å². The molecule has 55 heavy (non-hydrogen) atoms. The Morgan fingerprint density at radius 1 is 1.07 bits per heavy atom. The monoisotopic (exact) mass is 776 g/mol. The smallest absolute Gasteiger partial charge is 0.318 e. The number of alkyl halides is 1. The lowest BCUT2D eigenvalue weighted by Gasteiger charge is -2.35. The van der Waals surface area contributed by atoms with Crippen molar-refractivity contribution in [2.75, 3.05) is 77.5 Å². The van der Waals surface area contributed by atoms with E-state index in [-0.39, 0.29) is 29.7 Å². The fraction of sp³-hybridized carbons (Fsp3) is 0.488. The highest BCUT2D eigenvalue weighted by molar-refractivity contribution is 6.36. The number of methoxy groups -OCH3 is 1. The number of hydrogen-bond donors (Lipinski definition) is 1. The molecule has 6 heterocycles. The summed E-state index contributed by atoms with van der Waals surface area (Å²) in [6.07, 6.45) is 10.5. The first-order chi connectivity index (χ1) is 26.7. The van der Waals surface area contributed by atoms with E-state index in [0.29, 0.717) is 60.6 Å². The van der Waals surface area contributed by atoms with Crippen molar-refractivity contribution in [1.82, 2.24) is 29.7 Å². The summed E-state index contributed by atoms with van der Waals surface area (Å²) in [7, 11) is 1.46. The number of pyridine rings is 1. The zero-order valence-electron chi connectivity index (χ0n) is 31.9. The van der Waals surface area contributed by atoms with E-state index in [9.17, 15) is 9.18 Å². The predicted molar refractivity (Wildman–Crippen MR) is 214 cm³/mol. The van der Waals surface area contributed by atoms with Crippen LogP contribution in [0.3, 0.4) is 0 Å². The van der Waals surface area contributed by atoms with Crippen LogP contribution >= 0.6 is 11.6 Å². The molecule has 2 unspecified atom stereocenters. The third-order valence-corrected chi connectivity index (χ3v) is 10.4. The van der Waals surface area contributed by atoms with E-state index in [2.05, 4.69) is 24.8 Å². The minimum absolute atomic E-state index is 0.00933. The Kier molecular flexibility index (Phi) is 15.5. The number of aliphatic hydroxyl groups is 1. The number of aliphatic hydroxyl groups excluding tert-OH is 1. The molecule has 1 N–H and O–H groups in total. The van der Waals surface area contributed by atoms with Crippen LogP contribution in [-0.4, -0.2) is 125 Å². The number of ether oxygens (including phenoxy) is 1. The van der Waals surface area contributed by atoms with Crippen molar-refractivity contribution in [3.05, 3.63) is 65.6 Å². The first-order valence-corrected chi connectivity index (χ1v) is 19.4. The van der Waals surface area contributed by atoms with Crippen molar-refractivity contribution < 1.29 is 23.4 Å².